The second-order valence-electron chi connectivity index (χ2n) is 1.94. The molecule has 4 nitrogen and oxygen atoms in total. The highest BCUT2D eigenvalue weighted by atomic mass is 32.2. The van der Waals surface area contributed by atoms with Crippen LogP contribution in [0.5, 0.6) is 0 Å². The van der Waals surface area contributed by atoms with Crippen molar-refractivity contribution in [2.24, 2.45) is 0 Å². The van der Waals surface area contributed by atoms with Gasteiger partial charge in [0.15, 0.2) is 0 Å². The van der Waals surface area contributed by atoms with Crippen LogP contribution in [0.25, 0.3) is 0 Å². The van der Waals surface area contributed by atoms with E-state index in [1.54, 1.807) is 0 Å². The van der Waals surface area contributed by atoms with Crippen molar-refractivity contribution in [3.05, 3.63) is 0 Å². The second kappa shape index (κ2) is 4.06. The van der Waals surface area contributed by atoms with Crippen molar-refractivity contribution in [1.82, 2.24) is 9.44 Å². The quantitative estimate of drug-likeness (QED) is 0.679. The minimum Gasteiger partial charge on any atom is -0.203 e. The molecule has 12 heavy (non-hydrogen) atoms. The Balaban J connectivity index is 3.94. The van der Waals surface area contributed by atoms with Gasteiger partial charge in [0.1, 0.15) is 6.54 Å². The molecule has 0 rings (SSSR count). The molecular formula is C4H9F3N2O2S. The molecule has 0 aromatic carbocycles. The summed E-state index contributed by atoms with van der Waals surface area (Å²) in [6.45, 7) is -0.0393. The predicted molar refractivity (Wildman–Crippen MR) is 36.7 cm³/mol. The molecule has 0 radical (unpaired) electrons. The summed E-state index contributed by atoms with van der Waals surface area (Å²) in [4.78, 5) is 0. The molecule has 0 aliphatic rings. The van der Waals surface area contributed by atoms with Crippen molar-refractivity contribution in [3.8, 4) is 0 Å². The van der Waals surface area contributed by atoms with Crippen LogP contribution in [-0.2, 0) is 10.2 Å². The number of halogens is 3. The Bertz CT molecular complexity index is 223. The Kier molecular flexibility index (Phi) is 3.94. The molecule has 0 unspecified atom stereocenters. The van der Waals surface area contributed by atoms with Gasteiger partial charge in [0.2, 0.25) is 0 Å². The van der Waals surface area contributed by atoms with Gasteiger partial charge < -0.3 is 0 Å². The Morgan fingerprint density at radius 1 is 1.25 bits per heavy atom. The van der Waals surface area contributed by atoms with E-state index < -0.39 is 22.9 Å². The maximum Gasteiger partial charge on any atom is 0.402 e. The summed E-state index contributed by atoms with van der Waals surface area (Å²) in [7, 11) is -3.98. The molecule has 0 bridgehead atoms. The lowest BCUT2D eigenvalue weighted by Crippen LogP contribution is -2.41. The van der Waals surface area contributed by atoms with Crippen LogP contribution in [0.2, 0.25) is 0 Å². The smallest absolute Gasteiger partial charge is 0.203 e. The summed E-state index contributed by atoms with van der Waals surface area (Å²) in [5.41, 5.74) is 0. The highest BCUT2D eigenvalue weighted by molar-refractivity contribution is 7.87. The summed E-state index contributed by atoms with van der Waals surface area (Å²) in [5.74, 6) is 0. The summed E-state index contributed by atoms with van der Waals surface area (Å²) < 4.78 is 58.7. The van der Waals surface area contributed by atoms with Crippen LogP contribution >= 0.6 is 0 Å². The van der Waals surface area contributed by atoms with Crippen molar-refractivity contribution in [1.29, 1.82) is 0 Å². The SMILES string of the molecule is CCNS(=O)(=O)NCC(F)(F)F. The predicted octanol–water partition coefficient (Wildman–Crippen LogP) is -0.00740. The molecule has 0 aromatic heterocycles. The van der Waals surface area contributed by atoms with Crippen molar-refractivity contribution in [2.75, 3.05) is 13.1 Å². The lowest BCUT2D eigenvalue weighted by atomic mass is 10.7. The molecule has 0 amide bonds. The zero-order valence-corrected chi connectivity index (χ0v) is 7.09. The first-order chi connectivity index (χ1) is 5.27. The van der Waals surface area contributed by atoms with Crippen molar-refractivity contribution < 1.29 is 21.6 Å². The number of nitrogens with one attached hydrogen (secondary N) is 2. The van der Waals surface area contributed by atoms with Crippen LogP contribution in [0, 0.1) is 0 Å². The molecule has 0 aliphatic heterocycles. The first kappa shape index (κ1) is 11.7. The Morgan fingerprint density at radius 2 is 1.75 bits per heavy atom. The van der Waals surface area contributed by atoms with Gasteiger partial charge >= 0.3 is 6.18 Å². The van der Waals surface area contributed by atoms with Gasteiger partial charge in [-0.05, 0) is 0 Å². The van der Waals surface area contributed by atoms with E-state index in [4.69, 9.17) is 0 Å². The van der Waals surface area contributed by atoms with E-state index in [-0.39, 0.29) is 6.54 Å². The number of hydrogen-bond donors (Lipinski definition) is 2. The number of rotatable bonds is 4. The van der Waals surface area contributed by atoms with Gasteiger partial charge in [-0.3, -0.25) is 0 Å². The van der Waals surface area contributed by atoms with Crippen molar-refractivity contribution in [3.63, 3.8) is 0 Å². The molecule has 2 N–H and O–H groups in total. The third-order valence-corrected chi connectivity index (χ3v) is 1.99. The summed E-state index contributed by atoms with van der Waals surface area (Å²) in [6, 6.07) is 0. The van der Waals surface area contributed by atoms with E-state index in [1.807, 2.05) is 4.72 Å². The van der Waals surface area contributed by atoms with Gasteiger partial charge in [-0.2, -0.15) is 26.3 Å². The van der Waals surface area contributed by atoms with E-state index in [1.165, 1.54) is 11.6 Å². The minimum absolute atomic E-state index is 0.0488. The highest BCUT2D eigenvalue weighted by Gasteiger charge is 2.29. The van der Waals surface area contributed by atoms with E-state index in [9.17, 15) is 21.6 Å². The molecular weight excluding hydrogens is 197 g/mol. The molecule has 0 aromatic rings. The zero-order valence-electron chi connectivity index (χ0n) is 6.27. The van der Waals surface area contributed by atoms with Crippen LogP contribution in [0.3, 0.4) is 0 Å². The molecule has 0 atom stereocenters. The van der Waals surface area contributed by atoms with Crippen LogP contribution in [0.15, 0.2) is 0 Å². The molecule has 0 saturated carbocycles. The third-order valence-electron chi connectivity index (χ3n) is 0.797. The molecule has 0 saturated heterocycles. The van der Waals surface area contributed by atoms with Gasteiger partial charge in [0.25, 0.3) is 10.2 Å². The molecule has 74 valence electrons. The molecule has 0 heterocycles. The summed E-state index contributed by atoms with van der Waals surface area (Å²) in [5, 5.41) is 0. The molecule has 8 heteroatoms. The van der Waals surface area contributed by atoms with Gasteiger partial charge in [0, 0.05) is 6.54 Å². The maximum atomic E-state index is 11.5. The number of alkyl halides is 3. The second-order valence-corrected chi connectivity index (χ2v) is 3.52. The third kappa shape index (κ3) is 6.38. The standard InChI is InChI=1S/C4H9F3N2O2S/c1-2-8-12(10,11)9-3-4(5,6)7/h8-9H,2-3H2,1H3. The lowest BCUT2D eigenvalue weighted by molar-refractivity contribution is -0.121. The normalized spacial score (nSPS) is 13.3. The maximum absolute atomic E-state index is 11.5. The fourth-order valence-corrected chi connectivity index (χ4v) is 1.25. The average Bonchev–Trinajstić information content (AvgIpc) is 1.83. The number of hydrogen-bond acceptors (Lipinski definition) is 2. The fourth-order valence-electron chi connectivity index (χ4n) is 0.418. The van der Waals surface area contributed by atoms with E-state index in [0.717, 1.165) is 0 Å². The van der Waals surface area contributed by atoms with Gasteiger partial charge in [-0.15, -0.1) is 0 Å². The van der Waals surface area contributed by atoms with Crippen molar-refractivity contribution >= 4 is 10.2 Å². The average molecular weight is 206 g/mol. The van der Waals surface area contributed by atoms with Crippen LogP contribution < -0.4 is 9.44 Å². The fraction of sp³-hybridized carbons (Fsp3) is 1.00. The Morgan fingerprint density at radius 3 is 2.08 bits per heavy atom. The minimum atomic E-state index is -4.53. The first-order valence-electron chi connectivity index (χ1n) is 3.08. The van der Waals surface area contributed by atoms with Gasteiger partial charge in [0.05, 0.1) is 0 Å². The van der Waals surface area contributed by atoms with E-state index in [2.05, 4.69) is 0 Å². The lowest BCUT2D eigenvalue weighted by Gasteiger charge is -2.08. The molecule has 0 spiro atoms. The monoisotopic (exact) mass is 206 g/mol. The molecule has 0 fully saturated rings. The van der Waals surface area contributed by atoms with Gasteiger partial charge in [-0.25, -0.2) is 4.72 Å². The zero-order chi connectivity index (χ0) is 9.83. The van der Waals surface area contributed by atoms with E-state index >= 15 is 0 Å². The van der Waals surface area contributed by atoms with Crippen LogP contribution in [-0.4, -0.2) is 27.7 Å². The van der Waals surface area contributed by atoms with E-state index in [0.29, 0.717) is 0 Å². The Hall–Kier alpha value is -0.340. The van der Waals surface area contributed by atoms with Crippen molar-refractivity contribution in [2.45, 2.75) is 13.1 Å². The highest BCUT2D eigenvalue weighted by Crippen LogP contribution is 2.12. The van der Waals surface area contributed by atoms with Gasteiger partial charge in [-0.1, -0.05) is 6.92 Å². The molecule has 0 aliphatic carbocycles. The van der Waals surface area contributed by atoms with Crippen LogP contribution in [0.4, 0.5) is 13.2 Å². The van der Waals surface area contributed by atoms with Crippen LogP contribution in [0.1, 0.15) is 6.92 Å². The first-order valence-corrected chi connectivity index (χ1v) is 4.56. The topological polar surface area (TPSA) is 58.2 Å². The summed E-state index contributed by atoms with van der Waals surface area (Å²) in [6.07, 6.45) is -4.53. The largest absolute Gasteiger partial charge is 0.402 e. The Labute approximate surface area is 68.3 Å². The summed E-state index contributed by atoms with van der Waals surface area (Å²) >= 11 is 0.